The number of carbonyl (C=O) groups excluding carboxylic acids is 1. The molecular weight excluding hydrogens is 260 g/mol. The van der Waals surface area contributed by atoms with Gasteiger partial charge in [-0.05, 0) is 6.07 Å². The van der Waals surface area contributed by atoms with Crippen LogP contribution in [0.5, 0.6) is 0 Å². The van der Waals surface area contributed by atoms with Crippen LogP contribution in [0, 0.1) is 16.0 Å². The van der Waals surface area contributed by atoms with Crippen molar-refractivity contribution >= 4 is 23.0 Å². The minimum absolute atomic E-state index is 0.0271. The number of amides is 1. The van der Waals surface area contributed by atoms with Gasteiger partial charge in [0.1, 0.15) is 5.69 Å². The molecule has 0 saturated heterocycles. The number of carbonyl (C=O) groups is 1. The van der Waals surface area contributed by atoms with E-state index in [0.717, 1.165) is 0 Å². The summed E-state index contributed by atoms with van der Waals surface area (Å²) in [5.41, 5.74) is 4.30. The number of hydrogen-bond acceptors (Lipinski definition) is 5. The van der Waals surface area contributed by atoms with Crippen LogP contribution < -0.4 is 10.3 Å². The highest BCUT2D eigenvalue weighted by Crippen LogP contribution is 2.29. The Hall–Kier alpha value is -2.44. The molecule has 2 rings (SSSR count). The van der Waals surface area contributed by atoms with Gasteiger partial charge in [-0.25, -0.2) is 5.43 Å². The molecule has 1 aliphatic heterocycles. The predicted octanol–water partition coefficient (Wildman–Crippen LogP) is 1.52. The van der Waals surface area contributed by atoms with Crippen molar-refractivity contribution in [3.05, 3.63) is 33.9 Å². The second-order valence-corrected chi connectivity index (χ2v) is 4.99. The molecule has 1 aromatic carbocycles. The van der Waals surface area contributed by atoms with Gasteiger partial charge >= 0.3 is 0 Å². The lowest BCUT2D eigenvalue weighted by Gasteiger charge is -2.20. The lowest BCUT2D eigenvalue weighted by molar-refractivity contribution is -0.384. The number of hydrazone groups is 1. The van der Waals surface area contributed by atoms with Gasteiger partial charge in [0.2, 0.25) is 5.91 Å². The first-order valence-corrected chi connectivity index (χ1v) is 6.22. The maximum atomic E-state index is 11.2. The summed E-state index contributed by atoms with van der Waals surface area (Å²) in [4.78, 5) is 23.7. The minimum atomic E-state index is -0.411. The van der Waals surface area contributed by atoms with E-state index in [1.165, 1.54) is 6.07 Å². The fourth-order valence-corrected chi connectivity index (χ4v) is 2.21. The lowest BCUT2D eigenvalue weighted by atomic mass is 9.93. The first-order valence-electron chi connectivity index (χ1n) is 6.22. The summed E-state index contributed by atoms with van der Waals surface area (Å²) in [5, 5.41) is 15.2. The molecule has 0 fully saturated rings. The summed E-state index contributed by atoms with van der Waals surface area (Å²) >= 11 is 0. The molecule has 1 aromatic rings. The number of nitro groups is 1. The molecule has 1 atom stereocenters. The highest BCUT2D eigenvalue weighted by molar-refractivity contribution is 6.06. The number of benzene rings is 1. The van der Waals surface area contributed by atoms with Crippen molar-refractivity contribution in [2.45, 2.75) is 13.3 Å². The van der Waals surface area contributed by atoms with Gasteiger partial charge in [0.15, 0.2) is 0 Å². The molecular formula is C13H16N4O3. The molecule has 0 spiro atoms. The van der Waals surface area contributed by atoms with Crippen LogP contribution in [0.2, 0.25) is 0 Å². The standard InChI is InChI=1S/C13H16N4O3/c1-8-6-12(18)14-15-13(8)9-4-5-10(16(2)3)11(7-9)17(19)20/h4-5,7-8H,6H2,1-3H3,(H,14,18)/t8-/m0/s1. The maximum Gasteiger partial charge on any atom is 0.293 e. The molecule has 0 aromatic heterocycles. The Morgan fingerprint density at radius 1 is 1.45 bits per heavy atom. The molecule has 1 aliphatic rings. The van der Waals surface area contributed by atoms with E-state index in [1.807, 2.05) is 6.92 Å². The van der Waals surface area contributed by atoms with E-state index in [4.69, 9.17) is 0 Å². The van der Waals surface area contributed by atoms with E-state index >= 15 is 0 Å². The summed E-state index contributed by atoms with van der Waals surface area (Å²) in [6.45, 7) is 1.88. The number of nitro benzene ring substituents is 1. The molecule has 0 bridgehead atoms. The van der Waals surface area contributed by atoms with E-state index < -0.39 is 4.92 Å². The van der Waals surface area contributed by atoms with Crippen LogP contribution in [0.3, 0.4) is 0 Å². The van der Waals surface area contributed by atoms with Gasteiger partial charge < -0.3 is 4.90 Å². The molecule has 1 heterocycles. The molecule has 0 saturated carbocycles. The van der Waals surface area contributed by atoms with E-state index in [0.29, 0.717) is 23.4 Å². The molecule has 1 N–H and O–H groups in total. The summed E-state index contributed by atoms with van der Waals surface area (Å²) in [6.07, 6.45) is 0.335. The van der Waals surface area contributed by atoms with E-state index in [1.54, 1.807) is 31.1 Å². The topological polar surface area (TPSA) is 87.8 Å². The van der Waals surface area contributed by atoms with Gasteiger partial charge in [-0.1, -0.05) is 13.0 Å². The largest absolute Gasteiger partial charge is 0.372 e. The fourth-order valence-electron chi connectivity index (χ4n) is 2.21. The zero-order valence-electron chi connectivity index (χ0n) is 11.6. The van der Waals surface area contributed by atoms with E-state index in [2.05, 4.69) is 10.5 Å². The van der Waals surface area contributed by atoms with Crippen LogP contribution in [0.15, 0.2) is 23.3 Å². The third kappa shape index (κ3) is 2.61. The SMILES string of the molecule is C[C@H]1CC(=O)NN=C1c1ccc(N(C)C)c([N+](=O)[O-])c1. The quantitative estimate of drug-likeness (QED) is 0.669. The number of anilines is 1. The average Bonchev–Trinajstić information content (AvgIpc) is 2.37. The number of rotatable bonds is 3. The van der Waals surface area contributed by atoms with E-state index in [-0.39, 0.29) is 17.5 Å². The van der Waals surface area contributed by atoms with Crippen LogP contribution >= 0.6 is 0 Å². The third-order valence-corrected chi connectivity index (χ3v) is 3.21. The molecule has 0 radical (unpaired) electrons. The highest BCUT2D eigenvalue weighted by Gasteiger charge is 2.24. The molecule has 106 valence electrons. The molecule has 7 heteroatoms. The van der Waals surface area contributed by atoms with Crippen molar-refractivity contribution in [1.82, 2.24) is 5.43 Å². The zero-order chi connectivity index (χ0) is 14.9. The summed E-state index contributed by atoms with van der Waals surface area (Å²) in [6, 6.07) is 4.98. The summed E-state index contributed by atoms with van der Waals surface area (Å²) in [7, 11) is 3.51. The van der Waals surface area contributed by atoms with Gasteiger partial charge in [-0.15, -0.1) is 0 Å². The summed E-state index contributed by atoms with van der Waals surface area (Å²) in [5.74, 6) is -0.200. The Morgan fingerprint density at radius 2 is 2.15 bits per heavy atom. The van der Waals surface area contributed by atoms with Gasteiger partial charge in [0.25, 0.3) is 5.69 Å². The molecule has 7 nitrogen and oxygen atoms in total. The average molecular weight is 276 g/mol. The Morgan fingerprint density at radius 3 is 2.70 bits per heavy atom. The fraction of sp³-hybridized carbons (Fsp3) is 0.385. The minimum Gasteiger partial charge on any atom is -0.372 e. The van der Waals surface area contributed by atoms with Crippen molar-refractivity contribution in [2.75, 3.05) is 19.0 Å². The van der Waals surface area contributed by atoms with Crippen molar-refractivity contribution in [1.29, 1.82) is 0 Å². The van der Waals surface area contributed by atoms with Gasteiger partial charge in [-0.2, -0.15) is 5.10 Å². The Bertz CT molecular complexity index is 595. The first kappa shape index (κ1) is 14.0. The Labute approximate surface area is 116 Å². The molecule has 0 aliphatic carbocycles. The van der Waals surface area contributed by atoms with Gasteiger partial charge in [-0.3, -0.25) is 14.9 Å². The highest BCUT2D eigenvalue weighted by atomic mass is 16.6. The van der Waals surface area contributed by atoms with Crippen molar-refractivity contribution in [3.63, 3.8) is 0 Å². The Kier molecular flexibility index (Phi) is 3.69. The van der Waals surface area contributed by atoms with Crippen LogP contribution in [0.4, 0.5) is 11.4 Å². The van der Waals surface area contributed by atoms with Crippen LogP contribution in [0.1, 0.15) is 18.9 Å². The van der Waals surface area contributed by atoms with Gasteiger partial charge in [0.05, 0.1) is 10.6 Å². The third-order valence-electron chi connectivity index (χ3n) is 3.21. The second kappa shape index (κ2) is 5.28. The van der Waals surface area contributed by atoms with Crippen molar-refractivity contribution < 1.29 is 9.72 Å². The van der Waals surface area contributed by atoms with Crippen molar-refractivity contribution in [3.8, 4) is 0 Å². The monoisotopic (exact) mass is 276 g/mol. The van der Waals surface area contributed by atoms with Crippen LogP contribution in [-0.2, 0) is 4.79 Å². The number of hydrogen-bond donors (Lipinski definition) is 1. The Balaban J connectivity index is 2.46. The zero-order valence-corrected chi connectivity index (χ0v) is 11.6. The molecule has 0 unspecified atom stereocenters. The summed E-state index contributed by atoms with van der Waals surface area (Å²) < 4.78 is 0. The maximum absolute atomic E-state index is 11.2. The van der Waals surface area contributed by atoms with Gasteiger partial charge in [0, 0.05) is 38.1 Å². The van der Waals surface area contributed by atoms with Crippen molar-refractivity contribution in [2.24, 2.45) is 11.0 Å². The molecule has 20 heavy (non-hydrogen) atoms. The smallest absolute Gasteiger partial charge is 0.293 e. The van der Waals surface area contributed by atoms with E-state index in [9.17, 15) is 14.9 Å². The second-order valence-electron chi connectivity index (χ2n) is 4.99. The van der Waals surface area contributed by atoms with Crippen LogP contribution in [-0.4, -0.2) is 30.6 Å². The number of nitrogens with zero attached hydrogens (tertiary/aromatic N) is 3. The predicted molar refractivity (Wildman–Crippen MR) is 75.9 cm³/mol. The van der Waals surface area contributed by atoms with Crippen LogP contribution in [0.25, 0.3) is 0 Å². The first-order chi connectivity index (χ1) is 9.40. The number of nitrogens with one attached hydrogen (secondary N) is 1. The lowest BCUT2D eigenvalue weighted by Crippen LogP contribution is -2.32. The molecule has 1 amide bonds. The normalized spacial score (nSPS) is 18.2.